The van der Waals surface area contributed by atoms with Crippen LogP contribution in [0.4, 0.5) is 25.0 Å². The molecule has 2 aromatic carbocycles. The Kier molecular flexibility index (Phi) is 7.88. The molecule has 0 spiro atoms. The van der Waals surface area contributed by atoms with E-state index in [2.05, 4.69) is 17.2 Å². The summed E-state index contributed by atoms with van der Waals surface area (Å²) >= 11 is 0. The number of pyridine rings is 1. The number of carbonyl (C=O) groups excluding carboxylic acids is 1. The Morgan fingerprint density at radius 1 is 1.15 bits per heavy atom. The summed E-state index contributed by atoms with van der Waals surface area (Å²) in [5.41, 5.74) is 12.2. The number of carbonyl (C=O) groups is 1. The van der Waals surface area contributed by atoms with Crippen LogP contribution < -0.4 is 25.9 Å². The van der Waals surface area contributed by atoms with E-state index >= 15 is 0 Å². The van der Waals surface area contributed by atoms with Crippen molar-refractivity contribution in [1.82, 2.24) is 0 Å². The minimum atomic E-state index is -0.646. The first-order valence-electron chi connectivity index (χ1n) is 13.7. The van der Waals surface area contributed by atoms with Crippen LogP contribution in [0.3, 0.4) is 0 Å². The van der Waals surface area contributed by atoms with Crippen LogP contribution in [0.2, 0.25) is 0 Å². The molecular formula is C32H34F2N5O2+. The van der Waals surface area contributed by atoms with E-state index in [9.17, 15) is 13.6 Å². The van der Waals surface area contributed by atoms with Gasteiger partial charge in [0.15, 0.2) is 0 Å². The number of amides is 2. The molecule has 2 aliphatic heterocycles. The number of nitrogens with zero attached hydrogens (tertiary/aromatic N) is 2. The maximum Gasteiger partial charge on any atom is 0.316 e. The SMILES string of the molecule is C=C1CCCCC2C(=NC(=C(C)C)c3ccc(NC(N)=O)cc3N1)C(C)O[n+]1cc(-c3c(F)cccc3F)ccc12. The Morgan fingerprint density at radius 2 is 1.90 bits per heavy atom. The maximum atomic E-state index is 14.6. The predicted octanol–water partition coefficient (Wildman–Crippen LogP) is 6.72. The summed E-state index contributed by atoms with van der Waals surface area (Å²) in [6.07, 6.45) is 4.62. The minimum absolute atomic E-state index is 0.0764. The van der Waals surface area contributed by atoms with Crippen molar-refractivity contribution in [2.24, 2.45) is 10.7 Å². The summed E-state index contributed by atoms with van der Waals surface area (Å²) in [6, 6.07) is 12.3. The topological polar surface area (TPSA) is 92.6 Å². The number of urea groups is 1. The Labute approximate surface area is 238 Å². The van der Waals surface area contributed by atoms with Gasteiger partial charge < -0.3 is 16.4 Å². The first-order chi connectivity index (χ1) is 19.6. The Morgan fingerprint density at radius 3 is 2.61 bits per heavy atom. The fourth-order valence-corrected chi connectivity index (χ4v) is 5.48. The molecule has 2 unspecified atom stereocenters. The highest BCUT2D eigenvalue weighted by molar-refractivity contribution is 5.99. The molecule has 2 atom stereocenters. The molecule has 4 N–H and O–H groups in total. The summed E-state index contributed by atoms with van der Waals surface area (Å²) in [5.74, 6) is -1.33. The lowest BCUT2D eigenvalue weighted by atomic mass is 9.87. The second-order valence-corrected chi connectivity index (χ2v) is 10.7. The van der Waals surface area contributed by atoms with Crippen LogP contribution in [0.25, 0.3) is 16.8 Å². The summed E-state index contributed by atoms with van der Waals surface area (Å²) in [6.45, 7) is 10.2. The maximum absolute atomic E-state index is 14.6. The van der Waals surface area contributed by atoms with E-state index in [0.29, 0.717) is 11.3 Å². The van der Waals surface area contributed by atoms with Crippen molar-refractivity contribution in [2.75, 3.05) is 10.6 Å². The number of benzene rings is 2. The number of primary amides is 1. The number of nitrogens with two attached hydrogens (primary N) is 1. The second-order valence-electron chi connectivity index (χ2n) is 10.7. The van der Waals surface area contributed by atoms with Gasteiger partial charge in [-0.1, -0.05) is 24.6 Å². The molecule has 1 aromatic heterocycles. The van der Waals surface area contributed by atoms with Gasteiger partial charge in [-0.05, 0) is 76.4 Å². The van der Waals surface area contributed by atoms with Gasteiger partial charge in [-0.25, -0.2) is 13.6 Å². The number of hydrogen-bond acceptors (Lipinski definition) is 4. The van der Waals surface area contributed by atoms with E-state index in [1.54, 1.807) is 23.1 Å². The molecule has 3 heterocycles. The van der Waals surface area contributed by atoms with E-state index in [-0.39, 0.29) is 11.5 Å². The van der Waals surface area contributed by atoms with E-state index in [4.69, 9.17) is 15.6 Å². The summed E-state index contributed by atoms with van der Waals surface area (Å²) in [4.78, 5) is 23.0. The van der Waals surface area contributed by atoms with Gasteiger partial charge in [0.1, 0.15) is 11.6 Å². The number of halogens is 2. The fraction of sp³-hybridized carbons (Fsp3) is 0.281. The Balaban J connectivity index is 1.63. The number of hydrogen-bond donors (Lipinski definition) is 3. The number of fused-ring (bicyclic) bond motifs is 4. The number of allylic oxidation sites excluding steroid dienone is 2. The summed E-state index contributed by atoms with van der Waals surface area (Å²) in [7, 11) is 0. The average Bonchev–Trinajstić information content (AvgIpc) is 2.89. The van der Waals surface area contributed by atoms with Crippen molar-refractivity contribution in [2.45, 2.75) is 58.5 Å². The predicted molar refractivity (Wildman–Crippen MR) is 157 cm³/mol. The zero-order valence-corrected chi connectivity index (χ0v) is 23.4. The first-order valence-corrected chi connectivity index (χ1v) is 13.7. The highest BCUT2D eigenvalue weighted by atomic mass is 19.1. The number of aliphatic imine (C=N–C) groups is 1. The Bertz CT molecular complexity index is 1570. The van der Waals surface area contributed by atoms with Crippen LogP contribution in [0, 0.1) is 11.6 Å². The van der Waals surface area contributed by atoms with Crippen LogP contribution in [-0.2, 0) is 0 Å². The molecule has 41 heavy (non-hydrogen) atoms. The third-order valence-corrected chi connectivity index (χ3v) is 7.39. The van der Waals surface area contributed by atoms with Crippen molar-refractivity contribution < 1.29 is 23.1 Å². The normalized spacial score (nSPS) is 18.7. The molecule has 3 aromatic rings. The molecule has 5 rings (SSSR count). The minimum Gasteiger partial charge on any atom is -0.359 e. The lowest BCUT2D eigenvalue weighted by molar-refractivity contribution is -0.903. The number of anilines is 2. The molecule has 2 amide bonds. The van der Waals surface area contributed by atoms with Crippen LogP contribution in [0.5, 0.6) is 0 Å². The second kappa shape index (κ2) is 11.5. The van der Waals surface area contributed by atoms with Crippen molar-refractivity contribution >= 4 is 28.8 Å². The molecule has 0 saturated heterocycles. The van der Waals surface area contributed by atoms with Gasteiger partial charge in [-0.2, -0.15) is 0 Å². The lowest BCUT2D eigenvalue weighted by Gasteiger charge is -2.27. The molecule has 7 nitrogen and oxygen atoms in total. The average molecular weight is 559 g/mol. The molecule has 212 valence electrons. The van der Waals surface area contributed by atoms with Gasteiger partial charge in [0.2, 0.25) is 18.0 Å². The van der Waals surface area contributed by atoms with Gasteiger partial charge in [-0.15, -0.1) is 0 Å². The molecular weight excluding hydrogens is 524 g/mol. The van der Waals surface area contributed by atoms with Crippen molar-refractivity contribution in [3.8, 4) is 11.1 Å². The van der Waals surface area contributed by atoms with Gasteiger partial charge in [0, 0.05) is 33.4 Å². The van der Waals surface area contributed by atoms with Gasteiger partial charge in [0.05, 0.1) is 28.5 Å². The van der Waals surface area contributed by atoms with E-state index < -0.39 is 23.8 Å². The quantitative estimate of drug-likeness (QED) is 0.305. The molecule has 0 bridgehead atoms. The van der Waals surface area contributed by atoms with Gasteiger partial charge in [0.25, 0.3) is 0 Å². The monoisotopic (exact) mass is 558 g/mol. The van der Waals surface area contributed by atoms with E-state index in [1.165, 1.54) is 18.2 Å². The zero-order chi connectivity index (χ0) is 29.3. The first kappa shape index (κ1) is 28.0. The van der Waals surface area contributed by atoms with Crippen molar-refractivity contribution in [3.63, 3.8) is 0 Å². The van der Waals surface area contributed by atoms with E-state index in [1.807, 2.05) is 39.0 Å². The highest BCUT2D eigenvalue weighted by Gasteiger charge is 2.40. The van der Waals surface area contributed by atoms with Crippen LogP contribution in [0.1, 0.15) is 63.6 Å². The highest BCUT2D eigenvalue weighted by Crippen LogP contribution is 2.36. The van der Waals surface area contributed by atoms with Gasteiger partial charge in [-0.3, -0.25) is 9.83 Å². The Hall–Kier alpha value is -4.53. The number of rotatable bonds is 2. The number of nitrogens with one attached hydrogen (secondary N) is 2. The summed E-state index contributed by atoms with van der Waals surface area (Å²) < 4.78 is 30.8. The van der Waals surface area contributed by atoms with Crippen molar-refractivity contribution in [3.05, 3.63) is 95.5 Å². The van der Waals surface area contributed by atoms with E-state index in [0.717, 1.165) is 65.3 Å². The molecule has 0 radical (unpaired) electrons. The van der Waals surface area contributed by atoms with Crippen LogP contribution >= 0.6 is 0 Å². The third-order valence-electron chi connectivity index (χ3n) is 7.39. The van der Waals surface area contributed by atoms with Crippen LogP contribution in [0.15, 0.2) is 77.6 Å². The number of aromatic nitrogens is 1. The fourth-order valence-electron chi connectivity index (χ4n) is 5.48. The smallest absolute Gasteiger partial charge is 0.316 e. The molecule has 0 aliphatic carbocycles. The van der Waals surface area contributed by atoms with Gasteiger partial charge >= 0.3 is 6.03 Å². The lowest BCUT2D eigenvalue weighted by Crippen LogP contribution is -2.58. The third kappa shape index (κ3) is 5.84. The van der Waals surface area contributed by atoms with Crippen LogP contribution in [-0.4, -0.2) is 17.8 Å². The molecule has 9 heteroatoms. The molecule has 0 fully saturated rings. The molecule has 0 saturated carbocycles. The summed E-state index contributed by atoms with van der Waals surface area (Å²) in [5, 5.41) is 6.05. The largest absolute Gasteiger partial charge is 0.359 e. The van der Waals surface area contributed by atoms with Crippen molar-refractivity contribution in [1.29, 1.82) is 0 Å². The zero-order valence-electron chi connectivity index (χ0n) is 23.4. The standard InChI is InChI=1S/C32H33F2N5O2/c1-18(2)30-23-14-13-22(37-32(35)40)16-27(23)36-19(3)8-5-6-9-24-28-15-12-21(29-25(33)10-7-11-26(29)34)17-39(28)41-20(4)31(24)38-30/h7,10-17,20,24,36H,3,5-6,8-9H2,1-2,4H3,(H2-,35,37,40)/p+1. The molecule has 2 aliphatic rings.